The van der Waals surface area contributed by atoms with Crippen LogP contribution in [0.5, 0.6) is 5.75 Å². The van der Waals surface area contributed by atoms with E-state index in [9.17, 15) is 18.0 Å². The van der Waals surface area contributed by atoms with Crippen molar-refractivity contribution in [3.05, 3.63) is 23.8 Å². The van der Waals surface area contributed by atoms with Crippen LogP contribution in [0.1, 0.15) is 25.8 Å². The highest BCUT2D eigenvalue weighted by Crippen LogP contribution is 2.35. The van der Waals surface area contributed by atoms with Crippen LogP contribution < -0.4 is 10.1 Å². The van der Waals surface area contributed by atoms with Crippen LogP contribution in [0.3, 0.4) is 0 Å². The molecule has 0 radical (unpaired) electrons. The second-order valence-corrected chi connectivity index (χ2v) is 4.56. The predicted octanol–water partition coefficient (Wildman–Crippen LogP) is 3.70. The third-order valence-corrected chi connectivity index (χ3v) is 2.39. The number of anilines is 1. The van der Waals surface area contributed by atoms with Gasteiger partial charge in [0.05, 0.1) is 18.4 Å². The summed E-state index contributed by atoms with van der Waals surface area (Å²) in [6.45, 7) is 3.70. The summed E-state index contributed by atoms with van der Waals surface area (Å²) in [5.41, 5.74) is -0.795. The topological polar surface area (TPSA) is 38.3 Å². The van der Waals surface area contributed by atoms with Crippen molar-refractivity contribution in [2.45, 2.75) is 26.4 Å². The smallest absolute Gasteiger partial charge is 0.416 e. The van der Waals surface area contributed by atoms with Gasteiger partial charge in [-0.1, -0.05) is 13.8 Å². The normalized spacial score (nSPS) is 11.5. The van der Waals surface area contributed by atoms with Crippen molar-refractivity contribution in [3.63, 3.8) is 0 Å². The largest absolute Gasteiger partial charge is 0.495 e. The van der Waals surface area contributed by atoms with Crippen molar-refractivity contribution in [3.8, 4) is 5.75 Å². The minimum atomic E-state index is -4.45. The molecule has 0 aromatic heterocycles. The molecule has 1 rings (SSSR count). The minimum absolute atomic E-state index is 0.0305. The zero-order chi connectivity index (χ0) is 14.6. The lowest BCUT2D eigenvalue weighted by molar-refractivity contribution is -0.137. The summed E-state index contributed by atoms with van der Waals surface area (Å²) in [5, 5.41) is 2.44. The second-order valence-electron chi connectivity index (χ2n) is 4.56. The Labute approximate surface area is 109 Å². The molecule has 0 spiro atoms. The molecule has 6 heteroatoms. The Hall–Kier alpha value is -1.72. The number of amides is 1. The van der Waals surface area contributed by atoms with E-state index < -0.39 is 11.7 Å². The highest BCUT2D eigenvalue weighted by molar-refractivity contribution is 5.92. The van der Waals surface area contributed by atoms with Gasteiger partial charge in [-0.05, 0) is 24.1 Å². The molecular weight excluding hydrogens is 259 g/mol. The fraction of sp³-hybridized carbons (Fsp3) is 0.462. The Morgan fingerprint density at radius 1 is 1.37 bits per heavy atom. The van der Waals surface area contributed by atoms with E-state index in [2.05, 4.69) is 5.32 Å². The van der Waals surface area contributed by atoms with Crippen LogP contribution in [0.4, 0.5) is 18.9 Å². The Kier molecular flexibility index (Phi) is 4.80. The van der Waals surface area contributed by atoms with Gasteiger partial charge < -0.3 is 10.1 Å². The van der Waals surface area contributed by atoms with Crippen LogP contribution >= 0.6 is 0 Å². The number of hydrogen-bond acceptors (Lipinski definition) is 2. The van der Waals surface area contributed by atoms with Gasteiger partial charge in [0.15, 0.2) is 0 Å². The van der Waals surface area contributed by atoms with E-state index >= 15 is 0 Å². The van der Waals surface area contributed by atoms with Crippen LogP contribution in [0.15, 0.2) is 18.2 Å². The van der Waals surface area contributed by atoms with Gasteiger partial charge in [0.1, 0.15) is 5.75 Å². The van der Waals surface area contributed by atoms with Gasteiger partial charge in [-0.2, -0.15) is 13.2 Å². The fourth-order valence-electron chi connectivity index (χ4n) is 1.55. The van der Waals surface area contributed by atoms with Gasteiger partial charge in [-0.3, -0.25) is 4.79 Å². The summed E-state index contributed by atoms with van der Waals surface area (Å²) < 4.78 is 42.7. The third-order valence-electron chi connectivity index (χ3n) is 2.39. The molecule has 1 aromatic rings. The maximum absolute atomic E-state index is 12.6. The molecule has 0 saturated carbocycles. The maximum atomic E-state index is 12.6. The Balaban J connectivity index is 3.00. The first-order valence-corrected chi connectivity index (χ1v) is 5.79. The summed E-state index contributed by atoms with van der Waals surface area (Å²) in [6.07, 6.45) is -4.22. The van der Waals surface area contributed by atoms with Gasteiger partial charge >= 0.3 is 6.18 Å². The van der Waals surface area contributed by atoms with Crippen LogP contribution in [0.25, 0.3) is 0 Å². The van der Waals surface area contributed by atoms with Crippen LogP contribution in [0, 0.1) is 5.92 Å². The number of hydrogen-bond donors (Lipinski definition) is 1. The van der Waals surface area contributed by atoms with Crippen molar-refractivity contribution >= 4 is 11.6 Å². The predicted molar refractivity (Wildman–Crippen MR) is 66.1 cm³/mol. The first-order valence-electron chi connectivity index (χ1n) is 5.79. The molecule has 0 heterocycles. The average Bonchev–Trinajstić information content (AvgIpc) is 2.26. The Morgan fingerprint density at radius 3 is 2.47 bits per heavy atom. The molecule has 0 aliphatic rings. The molecule has 0 fully saturated rings. The fourth-order valence-corrected chi connectivity index (χ4v) is 1.55. The molecular formula is C13H16F3NO2. The maximum Gasteiger partial charge on any atom is 0.416 e. The van der Waals surface area contributed by atoms with Crippen molar-refractivity contribution in [2.24, 2.45) is 5.92 Å². The molecule has 0 saturated heterocycles. The molecule has 0 aliphatic carbocycles. The second kappa shape index (κ2) is 5.95. The monoisotopic (exact) mass is 275 g/mol. The van der Waals surface area contributed by atoms with Crippen molar-refractivity contribution in [1.29, 1.82) is 0 Å². The average molecular weight is 275 g/mol. The Bertz CT molecular complexity index is 456. The van der Waals surface area contributed by atoms with E-state index in [0.29, 0.717) is 0 Å². The molecule has 0 atom stereocenters. The Morgan fingerprint density at radius 2 is 2.00 bits per heavy atom. The number of carbonyl (C=O) groups excluding carboxylic acids is 1. The molecule has 106 valence electrons. The number of nitrogens with one attached hydrogen (secondary N) is 1. The first kappa shape index (κ1) is 15.3. The van der Waals surface area contributed by atoms with Crippen LogP contribution in [0.2, 0.25) is 0 Å². The molecule has 3 nitrogen and oxygen atoms in total. The van der Waals surface area contributed by atoms with Crippen molar-refractivity contribution < 1.29 is 22.7 Å². The zero-order valence-electron chi connectivity index (χ0n) is 11.0. The lowest BCUT2D eigenvalue weighted by Gasteiger charge is -2.14. The highest BCUT2D eigenvalue weighted by Gasteiger charge is 2.31. The lowest BCUT2D eigenvalue weighted by atomic mass is 10.1. The lowest BCUT2D eigenvalue weighted by Crippen LogP contribution is -2.15. The molecule has 1 amide bonds. The number of methoxy groups -OCH3 is 1. The van der Waals surface area contributed by atoms with Crippen LogP contribution in [-0.4, -0.2) is 13.0 Å². The molecule has 0 unspecified atom stereocenters. The quantitative estimate of drug-likeness (QED) is 0.910. The zero-order valence-corrected chi connectivity index (χ0v) is 11.0. The van der Waals surface area contributed by atoms with Crippen molar-refractivity contribution in [2.75, 3.05) is 12.4 Å². The number of halogens is 3. The van der Waals surface area contributed by atoms with Gasteiger partial charge in [0, 0.05) is 6.42 Å². The number of carbonyl (C=O) groups is 1. The van der Waals surface area contributed by atoms with Crippen molar-refractivity contribution in [1.82, 2.24) is 0 Å². The van der Waals surface area contributed by atoms with Gasteiger partial charge in [-0.15, -0.1) is 0 Å². The summed E-state index contributed by atoms with van der Waals surface area (Å²) in [5.74, 6) is -0.0190. The SMILES string of the molecule is COc1ccc(C(F)(F)F)cc1NC(=O)CC(C)C. The summed E-state index contributed by atoms with van der Waals surface area (Å²) in [4.78, 5) is 11.6. The van der Waals surface area contributed by atoms with Gasteiger partial charge in [-0.25, -0.2) is 0 Å². The minimum Gasteiger partial charge on any atom is -0.495 e. The van der Waals surface area contributed by atoms with Crippen LogP contribution in [-0.2, 0) is 11.0 Å². The molecule has 19 heavy (non-hydrogen) atoms. The summed E-state index contributed by atoms with van der Waals surface area (Å²) in [6, 6.07) is 2.97. The van der Waals surface area contributed by atoms with Gasteiger partial charge in [0.2, 0.25) is 5.91 Å². The highest BCUT2D eigenvalue weighted by atomic mass is 19.4. The number of benzene rings is 1. The first-order chi connectivity index (χ1) is 8.74. The van der Waals surface area contributed by atoms with E-state index in [0.717, 1.165) is 12.1 Å². The van der Waals surface area contributed by atoms with E-state index in [1.165, 1.54) is 13.2 Å². The molecule has 0 aliphatic heterocycles. The summed E-state index contributed by atoms with van der Waals surface area (Å²) >= 11 is 0. The van der Waals surface area contributed by atoms with E-state index in [4.69, 9.17) is 4.74 Å². The number of alkyl halides is 3. The third kappa shape index (κ3) is 4.46. The van der Waals surface area contributed by atoms with E-state index in [-0.39, 0.29) is 29.7 Å². The summed E-state index contributed by atoms with van der Waals surface area (Å²) in [7, 11) is 1.33. The standard InChI is InChI=1S/C13H16F3NO2/c1-8(2)6-12(18)17-10-7-9(13(14,15)16)4-5-11(10)19-3/h4-5,7-8H,6H2,1-3H3,(H,17,18). The van der Waals surface area contributed by atoms with Gasteiger partial charge in [0.25, 0.3) is 0 Å². The number of rotatable bonds is 4. The number of ether oxygens (including phenoxy) is 1. The molecule has 0 bridgehead atoms. The van der Waals surface area contributed by atoms with E-state index in [1.807, 2.05) is 13.8 Å². The molecule has 1 N–H and O–H groups in total. The van der Waals surface area contributed by atoms with E-state index in [1.54, 1.807) is 0 Å². The molecule has 1 aromatic carbocycles.